The van der Waals surface area contributed by atoms with Gasteiger partial charge < -0.3 is 20.8 Å². The lowest BCUT2D eigenvalue weighted by molar-refractivity contribution is 0.403. The standard InChI is InChI=1S/C20H27ClN2O2.BrH/c21-18-6-3-16(4-7-18)9-13-22-11-1-2-12-23-14-10-17-5-8-19(24)20(25)15-17;/h3-8,15,22-25H,1-2,9-14H2;1H. The second-order valence-electron chi connectivity index (χ2n) is 6.16. The number of aromatic hydroxyl groups is 2. The Labute approximate surface area is 171 Å². The average Bonchev–Trinajstić information content (AvgIpc) is 2.61. The molecule has 0 aliphatic carbocycles. The molecule has 0 aliphatic rings. The number of phenolic OH excluding ortho intramolecular Hbond substituents is 2. The lowest BCUT2D eigenvalue weighted by atomic mass is 10.1. The lowest BCUT2D eigenvalue weighted by Crippen LogP contribution is -2.22. The Morgan fingerprint density at radius 1 is 0.692 bits per heavy atom. The molecule has 4 nitrogen and oxygen atoms in total. The first-order chi connectivity index (χ1) is 12.1. The van der Waals surface area contributed by atoms with Crippen molar-refractivity contribution in [1.82, 2.24) is 10.6 Å². The molecule has 0 aromatic heterocycles. The third kappa shape index (κ3) is 8.90. The monoisotopic (exact) mass is 442 g/mol. The minimum Gasteiger partial charge on any atom is -0.504 e. The smallest absolute Gasteiger partial charge is 0.157 e. The summed E-state index contributed by atoms with van der Waals surface area (Å²) in [5, 5.41) is 26.4. The van der Waals surface area contributed by atoms with Gasteiger partial charge in [0, 0.05) is 5.02 Å². The summed E-state index contributed by atoms with van der Waals surface area (Å²) in [4.78, 5) is 0. The molecule has 0 atom stereocenters. The molecule has 0 unspecified atom stereocenters. The van der Waals surface area contributed by atoms with Crippen LogP contribution in [0.25, 0.3) is 0 Å². The Kier molecular flexibility index (Phi) is 11.4. The molecular formula is C20H28BrClN2O2. The van der Waals surface area contributed by atoms with Crippen LogP contribution in [0.15, 0.2) is 42.5 Å². The van der Waals surface area contributed by atoms with Gasteiger partial charge in [0.15, 0.2) is 11.5 Å². The highest BCUT2D eigenvalue weighted by Crippen LogP contribution is 2.24. The zero-order chi connectivity index (χ0) is 17.9. The largest absolute Gasteiger partial charge is 0.504 e. The molecule has 2 aromatic carbocycles. The van der Waals surface area contributed by atoms with Gasteiger partial charge in [0.1, 0.15) is 0 Å². The molecule has 0 fully saturated rings. The Hall–Kier alpha value is -1.27. The van der Waals surface area contributed by atoms with Gasteiger partial charge in [-0.1, -0.05) is 29.8 Å². The van der Waals surface area contributed by atoms with Crippen LogP contribution in [-0.2, 0) is 12.8 Å². The van der Waals surface area contributed by atoms with Crippen LogP contribution in [0.3, 0.4) is 0 Å². The summed E-state index contributed by atoms with van der Waals surface area (Å²) in [6, 6.07) is 13.0. The molecule has 26 heavy (non-hydrogen) atoms. The summed E-state index contributed by atoms with van der Waals surface area (Å²) >= 11 is 5.87. The van der Waals surface area contributed by atoms with Crippen molar-refractivity contribution in [1.29, 1.82) is 0 Å². The normalized spacial score (nSPS) is 10.5. The van der Waals surface area contributed by atoms with Crippen molar-refractivity contribution in [3.05, 3.63) is 58.6 Å². The second-order valence-corrected chi connectivity index (χ2v) is 6.59. The van der Waals surface area contributed by atoms with Crippen molar-refractivity contribution < 1.29 is 10.2 Å². The van der Waals surface area contributed by atoms with Crippen LogP contribution < -0.4 is 10.6 Å². The third-order valence-corrected chi connectivity index (χ3v) is 4.34. The van der Waals surface area contributed by atoms with E-state index in [2.05, 4.69) is 22.8 Å². The maximum atomic E-state index is 9.45. The predicted octanol–water partition coefficient (Wildman–Crippen LogP) is 4.07. The topological polar surface area (TPSA) is 64.5 Å². The number of hydrogen-bond donors (Lipinski definition) is 4. The van der Waals surface area contributed by atoms with E-state index in [0.717, 1.165) is 62.4 Å². The molecule has 4 N–H and O–H groups in total. The van der Waals surface area contributed by atoms with E-state index in [-0.39, 0.29) is 28.5 Å². The molecule has 0 bridgehead atoms. The molecule has 2 rings (SSSR count). The first-order valence-electron chi connectivity index (χ1n) is 8.82. The number of halogens is 2. The summed E-state index contributed by atoms with van der Waals surface area (Å²) in [5.74, 6) is -0.123. The summed E-state index contributed by atoms with van der Waals surface area (Å²) in [6.45, 7) is 3.87. The van der Waals surface area contributed by atoms with E-state index >= 15 is 0 Å². The highest BCUT2D eigenvalue weighted by Gasteiger charge is 2.00. The number of rotatable bonds is 11. The Morgan fingerprint density at radius 3 is 1.81 bits per heavy atom. The average molecular weight is 444 g/mol. The molecule has 0 spiro atoms. The van der Waals surface area contributed by atoms with Crippen molar-refractivity contribution in [2.75, 3.05) is 26.2 Å². The fourth-order valence-corrected chi connectivity index (χ4v) is 2.72. The number of phenols is 2. The molecule has 0 aliphatic heterocycles. The van der Waals surface area contributed by atoms with Gasteiger partial charge in [-0.3, -0.25) is 0 Å². The van der Waals surface area contributed by atoms with Gasteiger partial charge in [0.25, 0.3) is 0 Å². The van der Waals surface area contributed by atoms with Crippen LogP contribution in [0.1, 0.15) is 24.0 Å². The van der Waals surface area contributed by atoms with Crippen LogP contribution in [0.2, 0.25) is 5.02 Å². The fourth-order valence-electron chi connectivity index (χ4n) is 2.59. The maximum Gasteiger partial charge on any atom is 0.157 e. The van der Waals surface area contributed by atoms with Crippen LogP contribution in [0.4, 0.5) is 0 Å². The minimum absolute atomic E-state index is 0. The van der Waals surface area contributed by atoms with E-state index in [4.69, 9.17) is 11.6 Å². The van der Waals surface area contributed by atoms with Gasteiger partial charge >= 0.3 is 0 Å². The molecule has 0 amide bonds. The summed E-state index contributed by atoms with van der Waals surface area (Å²) in [6.07, 6.45) is 4.14. The van der Waals surface area contributed by atoms with Crippen LogP contribution in [-0.4, -0.2) is 36.4 Å². The first kappa shape index (κ1) is 22.8. The summed E-state index contributed by atoms with van der Waals surface area (Å²) in [7, 11) is 0. The minimum atomic E-state index is -0.0692. The van der Waals surface area contributed by atoms with Crippen molar-refractivity contribution in [2.45, 2.75) is 25.7 Å². The highest BCUT2D eigenvalue weighted by molar-refractivity contribution is 8.93. The zero-order valence-corrected chi connectivity index (χ0v) is 17.3. The molecule has 2 aromatic rings. The van der Waals surface area contributed by atoms with Crippen LogP contribution in [0.5, 0.6) is 11.5 Å². The van der Waals surface area contributed by atoms with E-state index in [1.54, 1.807) is 6.07 Å². The van der Waals surface area contributed by atoms with Gasteiger partial charge in [0.2, 0.25) is 0 Å². The molecule has 6 heteroatoms. The van der Waals surface area contributed by atoms with Crippen molar-refractivity contribution in [3.63, 3.8) is 0 Å². The summed E-state index contributed by atoms with van der Waals surface area (Å²) < 4.78 is 0. The number of benzene rings is 2. The van der Waals surface area contributed by atoms with E-state index in [0.29, 0.717) is 0 Å². The van der Waals surface area contributed by atoms with Crippen molar-refractivity contribution in [3.8, 4) is 11.5 Å². The van der Waals surface area contributed by atoms with Crippen LogP contribution >= 0.6 is 28.6 Å². The number of hydrogen-bond acceptors (Lipinski definition) is 4. The SMILES string of the molecule is Br.Oc1ccc(CCNCCCCNCCc2ccc(Cl)cc2)cc1O. The first-order valence-corrected chi connectivity index (χ1v) is 9.19. The molecule has 0 heterocycles. The third-order valence-electron chi connectivity index (χ3n) is 4.09. The molecule has 0 saturated heterocycles. The van der Waals surface area contributed by atoms with Gasteiger partial charge in [0.05, 0.1) is 0 Å². The van der Waals surface area contributed by atoms with E-state index < -0.39 is 0 Å². The second kappa shape index (κ2) is 13.0. The fraction of sp³-hybridized carbons (Fsp3) is 0.400. The number of nitrogens with one attached hydrogen (secondary N) is 2. The van der Waals surface area contributed by atoms with Gasteiger partial charge in [-0.15, -0.1) is 17.0 Å². The Bertz CT molecular complexity index is 638. The van der Waals surface area contributed by atoms with E-state index in [9.17, 15) is 10.2 Å². The highest BCUT2D eigenvalue weighted by atomic mass is 79.9. The number of unbranched alkanes of at least 4 members (excludes halogenated alkanes) is 1. The molecule has 0 saturated carbocycles. The maximum absolute atomic E-state index is 9.45. The Balaban J connectivity index is 0.00000338. The Morgan fingerprint density at radius 2 is 1.23 bits per heavy atom. The molecular weight excluding hydrogens is 416 g/mol. The van der Waals surface area contributed by atoms with Gasteiger partial charge in [-0.05, 0) is 87.3 Å². The van der Waals surface area contributed by atoms with Gasteiger partial charge in [-0.25, -0.2) is 0 Å². The van der Waals surface area contributed by atoms with E-state index in [1.807, 2.05) is 18.2 Å². The molecule has 144 valence electrons. The predicted molar refractivity (Wildman–Crippen MR) is 114 cm³/mol. The van der Waals surface area contributed by atoms with Gasteiger partial charge in [-0.2, -0.15) is 0 Å². The van der Waals surface area contributed by atoms with Crippen molar-refractivity contribution in [2.24, 2.45) is 0 Å². The molecule has 0 radical (unpaired) electrons. The summed E-state index contributed by atoms with van der Waals surface area (Å²) in [5.41, 5.74) is 2.32. The van der Waals surface area contributed by atoms with E-state index in [1.165, 1.54) is 11.6 Å². The van der Waals surface area contributed by atoms with Crippen molar-refractivity contribution >= 4 is 28.6 Å². The zero-order valence-electron chi connectivity index (χ0n) is 14.9. The quantitative estimate of drug-likeness (QED) is 0.312. The lowest BCUT2D eigenvalue weighted by Gasteiger charge is -2.07. The van der Waals surface area contributed by atoms with Crippen LogP contribution in [0, 0.1) is 0 Å².